The Bertz CT molecular complexity index is 355. The van der Waals surface area contributed by atoms with Crippen molar-refractivity contribution in [2.45, 2.75) is 20.3 Å². The van der Waals surface area contributed by atoms with Crippen molar-refractivity contribution in [3.05, 3.63) is 23.8 Å². The quantitative estimate of drug-likeness (QED) is 0.734. The van der Waals surface area contributed by atoms with Crippen LogP contribution in [0.1, 0.15) is 18.4 Å². The molecule has 1 atom stereocenters. The molecule has 1 unspecified atom stereocenters. The van der Waals surface area contributed by atoms with E-state index in [0.29, 0.717) is 18.9 Å². The van der Waals surface area contributed by atoms with E-state index in [1.807, 2.05) is 6.92 Å². The summed E-state index contributed by atoms with van der Waals surface area (Å²) in [6.07, 6.45) is 2.18. The molecule has 0 spiro atoms. The van der Waals surface area contributed by atoms with Crippen molar-refractivity contribution in [2.75, 3.05) is 13.2 Å². The number of carbonyl (C=O) groups is 1. The highest BCUT2D eigenvalue weighted by molar-refractivity contribution is 5.73. The largest absolute Gasteiger partial charge is 0.466 e. The molecule has 16 heavy (non-hydrogen) atoms. The van der Waals surface area contributed by atoms with Crippen LogP contribution in [0.4, 0.5) is 0 Å². The van der Waals surface area contributed by atoms with Crippen molar-refractivity contribution in [3.63, 3.8) is 0 Å². The molecule has 0 aliphatic rings. The van der Waals surface area contributed by atoms with E-state index in [1.165, 1.54) is 0 Å². The van der Waals surface area contributed by atoms with Gasteiger partial charge in [0.2, 0.25) is 0 Å². The molecule has 0 aliphatic carbocycles. The van der Waals surface area contributed by atoms with E-state index >= 15 is 0 Å². The van der Waals surface area contributed by atoms with Gasteiger partial charge in [0.15, 0.2) is 0 Å². The second kappa shape index (κ2) is 6.17. The van der Waals surface area contributed by atoms with Gasteiger partial charge in [0.1, 0.15) is 5.82 Å². The van der Waals surface area contributed by atoms with Gasteiger partial charge >= 0.3 is 5.97 Å². The van der Waals surface area contributed by atoms with Gasteiger partial charge in [-0.15, -0.1) is 0 Å². The van der Waals surface area contributed by atoms with Crippen LogP contribution >= 0.6 is 0 Å². The molecule has 0 bridgehead atoms. The van der Waals surface area contributed by atoms with Crippen LogP contribution in [0.15, 0.2) is 12.3 Å². The third-order valence-electron chi connectivity index (χ3n) is 2.19. The molecule has 0 saturated heterocycles. The average Bonchev–Trinajstić information content (AvgIpc) is 2.26. The summed E-state index contributed by atoms with van der Waals surface area (Å²) in [5.41, 5.74) is 6.36. The van der Waals surface area contributed by atoms with Crippen molar-refractivity contribution in [3.8, 4) is 0 Å². The molecule has 1 heterocycles. The lowest BCUT2D eigenvalue weighted by Crippen LogP contribution is -2.28. The maximum Gasteiger partial charge on any atom is 0.310 e. The van der Waals surface area contributed by atoms with Gasteiger partial charge in [0, 0.05) is 24.9 Å². The fourth-order valence-electron chi connectivity index (χ4n) is 1.39. The number of ether oxygens (including phenoxy) is 1. The molecule has 1 aromatic heterocycles. The van der Waals surface area contributed by atoms with Gasteiger partial charge in [0.05, 0.1) is 12.5 Å². The van der Waals surface area contributed by atoms with E-state index in [9.17, 15) is 4.79 Å². The summed E-state index contributed by atoms with van der Waals surface area (Å²) in [5, 5.41) is 0. The SMILES string of the molecule is CCOC(=O)C(CN)Cc1ccnc(C)n1. The number of hydrogen-bond donors (Lipinski definition) is 1. The molecular weight excluding hydrogens is 206 g/mol. The zero-order chi connectivity index (χ0) is 12.0. The van der Waals surface area contributed by atoms with E-state index in [1.54, 1.807) is 19.2 Å². The van der Waals surface area contributed by atoms with Gasteiger partial charge in [-0.05, 0) is 19.9 Å². The number of hydrogen-bond acceptors (Lipinski definition) is 5. The highest BCUT2D eigenvalue weighted by atomic mass is 16.5. The molecule has 0 aromatic carbocycles. The van der Waals surface area contributed by atoms with E-state index in [-0.39, 0.29) is 18.4 Å². The molecule has 1 aromatic rings. The molecule has 2 N–H and O–H groups in total. The molecule has 5 nitrogen and oxygen atoms in total. The predicted octanol–water partition coefficient (Wildman–Crippen LogP) is 0.466. The Morgan fingerprint density at radius 3 is 2.94 bits per heavy atom. The monoisotopic (exact) mass is 223 g/mol. The number of esters is 1. The minimum absolute atomic E-state index is 0.263. The van der Waals surface area contributed by atoms with Gasteiger partial charge in [-0.3, -0.25) is 4.79 Å². The number of nitrogens with zero attached hydrogens (tertiary/aromatic N) is 2. The van der Waals surface area contributed by atoms with Crippen molar-refractivity contribution in [1.29, 1.82) is 0 Å². The maximum absolute atomic E-state index is 11.5. The first-order chi connectivity index (χ1) is 7.67. The van der Waals surface area contributed by atoms with Crippen molar-refractivity contribution in [1.82, 2.24) is 9.97 Å². The fourth-order valence-corrected chi connectivity index (χ4v) is 1.39. The van der Waals surface area contributed by atoms with Crippen LogP contribution in [0.5, 0.6) is 0 Å². The molecule has 0 amide bonds. The topological polar surface area (TPSA) is 78.1 Å². The summed E-state index contributed by atoms with van der Waals surface area (Å²) < 4.78 is 4.94. The third kappa shape index (κ3) is 3.58. The fraction of sp³-hybridized carbons (Fsp3) is 0.545. The Balaban J connectivity index is 2.66. The number of aryl methyl sites for hydroxylation is 1. The van der Waals surface area contributed by atoms with Gasteiger partial charge in [0.25, 0.3) is 0 Å². The first-order valence-electron chi connectivity index (χ1n) is 5.32. The summed E-state index contributed by atoms with van der Waals surface area (Å²) in [6.45, 7) is 4.23. The Hall–Kier alpha value is -1.49. The molecular formula is C11H17N3O2. The second-order valence-electron chi connectivity index (χ2n) is 3.48. The smallest absolute Gasteiger partial charge is 0.310 e. The summed E-state index contributed by atoms with van der Waals surface area (Å²) in [4.78, 5) is 19.7. The lowest BCUT2D eigenvalue weighted by molar-refractivity contribution is -0.147. The molecule has 0 radical (unpaired) electrons. The van der Waals surface area contributed by atoms with Crippen molar-refractivity contribution in [2.24, 2.45) is 11.7 Å². The average molecular weight is 223 g/mol. The number of aromatic nitrogens is 2. The number of nitrogens with two attached hydrogens (primary N) is 1. The Labute approximate surface area is 95.0 Å². The highest BCUT2D eigenvalue weighted by Gasteiger charge is 2.19. The first kappa shape index (κ1) is 12.6. The van der Waals surface area contributed by atoms with Crippen LogP contribution in [-0.4, -0.2) is 29.1 Å². The van der Waals surface area contributed by atoms with Crippen LogP contribution in [0.3, 0.4) is 0 Å². The van der Waals surface area contributed by atoms with Crippen LogP contribution in [-0.2, 0) is 16.0 Å². The van der Waals surface area contributed by atoms with Crippen molar-refractivity contribution >= 4 is 5.97 Å². The van der Waals surface area contributed by atoms with E-state index in [2.05, 4.69) is 9.97 Å². The molecule has 5 heteroatoms. The standard InChI is InChI=1S/C11H17N3O2/c1-3-16-11(15)9(7-12)6-10-4-5-13-8(2)14-10/h4-5,9H,3,6-7,12H2,1-2H3. The normalized spacial score (nSPS) is 12.2. The first-order valence-corrected chi connectivity index (χ1v) is 5.32. The molecule has 0 saturated carbocycles. The van der Waals surface area contributed by atoms with Gasteiger partial charge in [-0.1, -0.05) is 0 Å². The van der Waals surface area contributed by atoms with Crippen LogP contribution in [0, 0.1) is 12.8 Å². The minimum Gasteiger partial charge on any atom is -0.466 e. The summed E-state index contributed by atoms with van der Waals surface area (Å²) in [5.74, 6) is 0.104. The van der Waals surface area contributed by atoms with Crippen LogP contribution < -0.4 is 5.73 Å². The zero-order valence-corrected chi connectivity index (χ0v) is 9.64. The van der Waals surface area contributed by atoms with Gasteiger partial charge in [-0.2, -0.15) is 0 Å². The van der Waals surface area contributed by atoms with E-state index in [0.717, 1.165) is 5.69 Å². The summed E-state index contributed by atoms with van der Waals surface area (Å²) in [7, 11) is 0. The lowest BCUT2D eigenvalue weighted by atomic mass is 10.0. The van der Waals surface area contributed by atoms with Crippen LogP contribution in [0.2, 0.25) is 0 Å². The Morgan fingerprint density at radius 1 is 1.62 bits per heavy atom. The zero-order valence-electron chi connectivity index (χ0n) is 9.64. The number of rotatable bonds is 5. The lowest BCUT2D eigenvalue weighted by Gasteiger charge is -2.12. The molecule has 0 aliphatic heterocycles. The second-order valence-corrected chi connectivity index (χ2v) is 3.48. The molecule has 0 fully saturated rings. The summed E-state index contributed by atoms with van der Waals surface area (Å²) in [6, 6.07) is 1.79. The predicted molar refractivity (Wildman–Crippen MR) is 59.7 cm³/mol. The molecule has 1 rings (SSSR count). The Morgan fingerprint density at radius 2 is 2.38 bits per heavy atom. The Kier molecular flexibility index (Phi) is 4.85. The highest BCUT2D eigenvalue weighted by Crippen LogP contribution is 2.07. The van der Waals surface area contributed by atoms with Gasteiger partial charge < -0.3 is 10.5 Å². The maximum atomic E-state index is 11.5. The molecule has 88 valence electrons. The third-order valence-corrected chi connectivity index (χ3v) is 2.19. The van der Waals surface area contributed by atoms with Crippen molar-refractivity contribution < 1.29 is 9.53 Å². The van der Waals surface area contributed by atoms with E-state index < -0.39 is 0 Å². The number of carbonyl (C=O) groups excluding carboxylic acids is 1. The summed E-state index contributed by atoms with van der Waals surface area (Å²) >= 11 is 0. The minimum atomic E-state index is -0.325. The van der Waals surface area contributed by atoms with E-state index in [4.69, 9.17) is 10.5 Å². The van der Waals surface area contributed by atoms with Crippen LogP contribution in [0.25, 0.3) is 0 Å². The van der Waals surface area contributed by atoms with Gasteiger partial charge in [-0.25, -0.2) is 9.97 Å².